The molecule has 20 atom stereocenters. The molecule has 18 nitrogen and oxygen atoms in total. The zero-order chi connectivity index (χ0) is 44.6. The van der Waals surface area contributed by atoms with E-state index in [2.05, 4.69) is 0 Å². The molecule has 8 saturated heterocycles. The summed E-state index contributed by atoms with van der Waals surface area (Å²) in [5, 5.41) is 9.38. The van der Waals surface area contributed by atoms with Crippen molar-refractivity contribution in [1.29, 1.82) is 0 Å². The number of carbonyl (C=O) groups is 4. The third-order valence-corrected chi connectivity index (χ3v) is 13.8. The standard InChI is InChI=1S/C19H26O5S.C18H26O9.C6H8O4/c1-11-6-8-16(9-7-11)25-19-18(23-15(5)21)13(3)12(2)17(24-19)10-22-14(4)20;1-7-8(2)13(23-10(4)20)18(24-11(7)5-21-9(3)19)27-14-12-6-22-17(25-12)16-15(14)26-16;7-3-2-1-8-6(9-2)5-4(3)10-5/h6-9,12-13,17-19H,10H2,1-5H3;7-8,11-18H,5-6H2,1-4H3;2-7H,1H2/t12-,13-,17?,18?,19?;7-,8-,11?,12?,13?,14+,15+,16?,17+,18-;2?,3-,4-,5?,6-/m001/s1. The molecule has 0 radical (unpaired) electrons. The SMILES string of the molecule is CC(=O)OCC1OC(Sc2ccc(C)cc2)C(OC(C)=O)[C@@H](C)[C@@H]1C.CC(=O)OCC1O[C@@H](O[C@@H]2C3CO[C@H](O3)C3O[C@@H]32)C(OC(C)=O)[C@@H](C)[C@@H]1C.O[C@@H]1C2CO[C@H](O2)C2O[C@@H]21. The summed E-state index contributed by atoms with van der Waals surface area (Å²) in [6.45, 7) is 16.8. The van der Waals surface area contributed by atoms with Crippen molar-refractivity contribution in [2.45, 2.75) is 165 Å². The molecule has 8 fully saturated rings. The molecule has 1 aromatic carbocycles. The summed E-state index contributed by atoms with van der Waals surface area (Å²) in [7, 11) is 0. The quantitative estimate of drug-likeness (QED) is 0.203. The Morgan fingerprint density at radius 1 is 0.613 bits per heavy atom. The maximum absolute atomic E-state index is 11.6. The van der Waals surface area contributed by atoms with Crippen molar-refractivity contribution in [2.75, 3.05) is 26.4 Å². The number of hydrogen-bond donors (Lipinski definition) is 1. The molecule has 0 saturated carbocycles. The third kappa shape index (κ3) is 11.1. The van der Waals surface area contributed by atoms with Crippen molar-refractivity contribution in [3.05, 3.63) is 29.8 Å². The number of esters is 4. The number of epoxide rings is 2. The van der Waals surface area contributed by atoms with Crippen LogP contribution in [0.3, 0.4) is 0 Å². The molecular formula is C43H60O18S. The summed E-state index contributed by atoms with van der Waals surface area (Å²) in [4.78, 5) is 46.5. The van der Waals surface area contributed by atoms with Gasteiger partial charge in [-0.3, -0.25) is 19.2 Å². The van der Waals surface area contributed by atoms with Crippen molar-refractivity contribution in [3.8, 4) is 0 Å². The number of aliphatic hydroxyl groups is 1. The lowest BCUT2D eigenvalue weighted by Crippen LogP contribution is -2.56. The van der Waals surface area contributed by atoms with E-state index in [9.17, 15) is 24.3 Å². The lowest BCUT2D eigenvalue weighted by Gasteiger charge is -2.44. The molecule has 1 aromatic rings. The monoisotopic (exact) mass is 896 g/mol. The molecule has 8 heterocycles. The predicted octanol–water partition coefficient (Wildman–Crippen LogP) is 2.83. The van der Waals surface area contributed by atoms with Crippen molar-refractivity contribution in [3.63, 3.8) is 0 Å². The van der Waals surface area contributed by atoms with Crippen LogP contribution in [0, 0.1) is 30.6 Å². The lowest BCUT2D eigenvalue weighted by molar-refractivity contribution is -0.302. The Morgan fingerprint density at radius 2 is 1.13 bits per heavy atom. The van der Waals surface area contributed by atoms with E-state index in [1.807, 2.05) is 58.9 Å². The summed E-state index contributed by atoms with van der Waals surface area (Å²) in [5.74, 6) is -1.29. The Bertz CT molecular complexity index is 1730. The van der Waals surface area contributed by atoms with Gasteiger partial charge >= 0.3 is 23.9 Å². The molecule has 0 spiro atoms. The number of fused-ring (bicyclic) bond motifs is 8. The smallest absolute Gasteiger partial charge is 0.303 e. The van der Waals surface area contributed by atoms with Gasteiger partial charge in [-0.15, -0.1) is 0 Å². The van der Waals surface area contributed by atoms with Crippen LogP contribution < -0.4 is 0 Å². The fourth-order valence-corrected chi connectivity index (χ4v) is 9.73. The number of ether oxygens (including phenoxy) is 13. The second-order valence-electron chi connectivity index (χ2n) is 17.2. The van der Waals surface area contributed by atoms with Gasteiger partial charge < -0.3 is 66.7 Å². The summed E-state index contributed by atoms with van der Waals surface area (Å²) >= 11 is 1.53. The van der Waals surface area contributed by atoms with E-state index in [4.69, 9.17) is 61.6 Å². The minimum Gasteiger partial charge on any atom is -0.463 e. The zero-order valence-electron chi connectivity index (χ0n) is 36.5. The highest BCUT2D eigenvalue weighted by molar-refractivity contribution is 7.99. The number of hydrogen-bond acceptors (Lipinski definition) is 19. The van der Waals surface area contributed by atoms with E-state index < -0.39 is 24.5 Å². The van der Waals surface area contributed by atoms with Crippen LogP contribution in [0.15, 0.2) is 29.2 Å². The van der Waals surface area contributed by atoms with Gasteiger partial charge in [-0.2, -0.15) is 0 Å². The fourth-order valence-electron chi connectivity index (χ4n) is 8.53. The fraction of sp³-hybridized carbons (Fsp3) is 0.767. The molecule has 8 aliphatic heterocycles. The van der Waals surface area contributed by atoms with Crippen molar-refractivity contribution in [1.82, 2.24) is 0 Å². The second kappa shape index (κ2) is 20.1. The predicted molar refractivity (Wildman–Crippen MR) is 213 cm³/mol. The molecule has 346 valence electrons. The van der Waals surface area contributed by atoms with Crippen LogP contribution in [0.4, 0.5) is 0 Å². The number of carbonyl (C=O) groups excluding carboxylic acids is 4. The highest BCUT2D eigenvalue weighted by atomic mass is 32.2. The maximum atomic E-state index is 11.6. The minimum atomic E-state index is -0.809. The third-order valence-electron chi connectivity index (χ3n) is 12.6. The normalized spacial score (nSPS) is 42.9. The zero-order valence-corrected chi connectivity index (χ0v) is 37.3. The molecule has 8 aliphatic rings. The van der Waals surface area contributed by atoms with Crippen molar-refractivity contribution >= 4 is 35.6 Å². The van der Waals surface area contributed by atoms with Crippen LogP contribution in [0.25, 0.3) is 0 Å². The average Bonchev–Trinajstić information content (AvgIpc) is 4.12. The highest BCUT2D eigenvalue weighted by Gasteiger charge is 2.64. The Morgan fingerprint density at radius 3 is 1.73 bits per heavy atom. The van der Waals surface area contributed by atoms with Gasteiger partial charge in [0.15, 0.2) is 25.0 Å². The Hall–Kier alpha value is -2.95. The van der Waals surface area contributed by atoms with E-state index >= 15 is 0 Å². The molecule has 19 heteroatoms. The van der Waals surface area contributed by atoms with Gasteiger partial charge in [0.1, 0.15) is 73.6 Å². The number of aryl methyl sites for hydroxylation is 1. The van der Waals surface area contributed by atoms with Crippen LogP contribution in [-0.2, 0) is 80.8 Å². The summed E-state index contributed by atoms with van der Waals surface area (Å²) in [6, 6.07) is 8.12. The lowest BCUT2D eigenvalue weighted by atomic mass is 9.83. The van der Waals surface area contributed by atoms with Gasteiger partial charge in [-0.25, -0.2) is 0 Å². The van der Waals surface area contributed by atoms with Gasteiger partial charge in [0, 0.05) is 44.4 Å². The molecule has 4 bridgehead atoms. The summed E-state index contributed by atoms with van der Waals surface area (Å²) in [6.07, 6.45) is -4.33. The molecule has 62 heavy (non-hydrogen) atoms. The first-order valence-corrected chi connectivity index (χ1v) is 22.2. The molecule has 9 rings (SSSR count). The average molecular weight is 897 g/mol. The van der Waals surface area contributed by atoms with Crippen LogP contribution in [0.2, 0.25) is 0 Å². The second-order valence-corrected chi connectivity index (χ2v) is 18.4. The first-order chi connectivity index (χ1) is 29.5. The minimum absolute atomic E-state index is 0.000253. The highest BCUT2D eigenvalue weighted by Crippen LogP contribution is 2.45. The Kier molecular flexibility index (Phi) is 15.2. The Labute approximate surface area is 365 Å². The molecule has 0 amide bonds. The van der Waals surface area contributed by atoms with Gasteiger partial charge in [0.25, 0.3) is 0 Å². The molecule has 1 N–H and O–H groups in total. The van der Waals surface area contributed by atoms with Crippen LogP contribution in [0.1, 0.15) is 61.0 Å². The van der Waals surface area contributed by atoms with E-state index in [-0.39, 0.29) is 134 Å². The number of benzene rings is 1. The number of aliphatic hydroxyl groups excluding tert-OH is 1. The largest absolute Gasteiger partial charge is 0.463 e. The van der Waals surface area contributed by atoms with E-state index in [0.717, 1.165) is 4.90 Å². The van der Waals surface area contributed by atoms with Gasteiger partial charge in [0.05, 0.1) is 25.4 Å². The maximum Gasteiger partial charge on any atom is 0.303 e. The first-order valence-electron chi connectivity index (χ1n) is 21.3. The number of rotatable bonds is 10. The molecular weight excluding hydrogens is 837 g/mol. The van der Waals surface area contributed by atoms with E-state index in [1.54, 1.807) is 0 Å². The first kappa shape index (κ1) is 47.0. The van der Waals surface area contributed by atoms with Gasteiger partial charge in [-0.1, -0.05) is 57.2 Å². The van der Waals surface area contributed by atoms with E-state index in [1.165, 1.54) is 45.0 Å². The van der Waals surface area contributed by atoms with Gasteiger partial charge in [-0.05, 0) is 30.9 Å². The topological polar surface area (TPSA) is 215 Å². The number of thioether (sulfide) groups is 1. The van der Waals surface area contributed by atoms with Crippen LogP contribution in [-0.4, -0.2) is 153 Å². The molecule has 0 aliphatic carbocycles. The molecule has 9 unspecified atom stereocenters. The van der Waals surface area contributed by atoms with Crippen LogP contribution >= 0.6 is 11.8 Å². The summed E-state index contributed by atoms with van der Waals surface area (Å²) in [5.41, 5.74) is 0.832. The molecule has 0 aromatic heterocycles. The van der Waals surface area contributed by atoms with Crippen molar-refractivity contribution in [2.24, 2.45) is 23.7 Å². The van der Waals surface area contributed by atoms with E-state index in [0.29, 0.717) is 13.2 Å². The van der Waals surface area contributed by atoms with Gasteiger partial charge in [0.2, 0.25) is 0 Å². The summed E-state index contributed by atoms with van der Waals surface area (Å²) < 4.78 is 72.4. The Balaban J connectivity index is 0.000000152. The van der Waals surface area contributed by atoms with Crippen molar-refractivity contribution < 1.29 is 85.9 Å². The van der Waals surface area contributed by atoms with Crippen LogP contribution in [0.5, 0.6) is 0 Å².